The maximum Gasteiger partial charge on any atom is 0.194 e. The van der Waals surface area contributed by atoms with Crippen molar-refractivity contribution in [1.82, 2.24) is 0 Å². The first-order valence-corrected chi connectivity index (χ1v) is 4.19. The average molecular weight is 217 g/mol. The van der Waals surface area contributed by atoms with Crippen molar-refractivity contribution in [2.75, 3.05) is 6.54 Å². The third-order valence-corrected chi connectivity index (χ3v) is 1.74. The molecule has 0 unspecified atom stereocenters. The highest BCUT2D eigenvalue weighted by Crippen LogP contribution is 2.13. The molecule has 0 amide bonds. The van der Waals surface area contributed by atoms with Crippen molar-refractivity contribution in [3.05, 3.63) is 35.1 Å². The summed E-state index contributed by atoms with van der Waals surface area (Å²) in [4.78, 5) is 3.64. The van der Waals surface area contributed by atoms with Gasteiger partial charge in [-0.2, -0.15) is 0 Å². The number of hydrogen-bond acceptors (Lipinski definition) is 1. The van der Waals surface area contributed by atoms with Crippen molar-refractivity contribution in [2.24, 2.45) is 16.5 Å². The molecule has 0 radical (unpaired) electrons. The minimum absolute atomic E-state index is 0.0990. The van der Waals surface area contributed by atoms with Gasteiger partial charge in [0.15, 0.2) is 23.4 Å². The summed E-state index contributed by atoms with van der Waals surface area (Å²) in [5.41, 5.74) is 10.4. The van der Waals surface area contributed by atoms with Gasteiger partial charge in [0.25, 0.3) is 0 Å². The van der Waals surface area contributed by atoms with Gasteiger partial charge in [0.05, 0.1) is 0 Å². The van der Waals surface area contributed by atoms with Crippen LogP contribution in [0.1, 0.15) is 5.56 Å². The summed E-state index contributed by atoms with van der Waals surface area (Å²) < 4.78 is 38.0. The molecule has 1 aromatic rings. The number of halogens is 3. The van der Waals surface area contributed by atoms with Gasteiger partial charge in [-0.05, 0) is 24.1 Å². The number of benzene rings is 1. The van der Waals surface area contributed by atoms with Crippen LogP contribution in [0.15, 0.2) is 17.1 Å². The summed E-state index contributed by atoms with van der Waals surface area (Å²) in [6.45, 7) is 0.201. The second-order valence-corrected chi connectivity index (χ2v) is 2.93. The van der Waals surface area contributed by atoms with Gasteiger partial charge in [0, 0.05) is 6.54 Å². The molecule has 0 aromatic heterocycles. The highest BCUT2D eigenvalue weighted by molar-refractivity contribution is 5.75. The van der Waals surface area contributed by atoms with Crippen LogP contribution in [0, 0.1) is 17.5 Å². The van der Waals surface area contributed by atoms with Crippen LogP contribution >= 0.6 is 0 Å². The molecule has 0 heterocycles. The third kappa shape index (κ3) is 3.16. The normalized spacial score (nSPS) is 10.1. The van der Waals surface area contributed by atoms with E-state index in [4.69, 9.17) is 11.5 Å². The summed E-state index contributed by atoms with van der Waals surface area (Å²) in [5.74, 6) is -4.00. The number of aliphatic imine (C=N–C) groups is 1. The molecule has 0 aliphatic rings. The molecule has 1 rings (SSSR count). The Morgan fingerprint density at radius 1 is 1.13 bits per heavy atom. The molecule has 0 saturated carbocycles. The van der Waals surface area contributed by atoms with Gasteiger partial charge >= 0.3 is 0 Å². The monoisotopic (exact) mass is 217 g/mol. The van der Waals surface area contributed by atoms with Crippen molar-refractivity contribution in [3.8, 4) is 0 Å². The smallest absolute Gasteiger partial charge is 0.194 e. The highest BCUT2D eigenvalue weighted by atomic mass is 19.2. The molecule has 15 heavy (non-hydrogen) atoms. The van der Waals surface area contributed by atoms with E-state index in [1.807, 2.05) is 0 Å². The van der Waals surface area contributed by atoms with Crippen LogP contribution in [-0.4, -0.2) is 12.5 Å². The fraction of sp³-hybridized carbons (Fsp3) is 0.222. The SMILES string of the molecule is NC(N)=NCCc1cc(F)c(F)c(F)c1. The quantitative estimate of drug-likeness (QED) is 0.449. The van der Waals surface area contributed by atoms with Crippen molar-refractivity contribution >= 4 is 5.96 Å². The lowest BCUT2D eigenvalue weighted by Gasteiger charge is -2.01. The zero-order valence-corrected chi connectivity index (χ0v) is 7.80. The number of hydrogen-bond donors (Lipinski definition) is 2. The van der Waals surface area contributed by atoms with Crippen LogP contribution in [-0.2, 0) is 6.42 Å². The van der Waals surface area contributed by atoms with Crippen LogP contribution < -0.4 is 11.5 Å². The predicted octanol–water partition coefficient (Wildman–Crippen LogP) is 0.920. The Kier molecular flexibility index (Phi) is 3.54. The molecule has 3 nitrogen and oxygen atoms in total. The van der Waals surface area contributed by atoms with Gasteiger partial charge in [-0.3, -0.25) is 4.99 Å². The van der Waals surface area contributed by atoms with E-state index in [1.165, 1.54) is 0 Å². The van der Waals surface area contributed by atoms with Crippen LogP contribution in [0.3, 0.4) is 0 Å². The molecule has 0 bridgehead atoms. The van der Waals surface area contributed by atoms with Gasteiger partial charge in [0.1, 0.15) is 0 Å². The maximum absolute atomic E-state index is 12.7. The van der Waals surface area contributed by atoms with Gasteiger partial charge in [-0.1, -0.05) is 0 Å². The zero-order valence-electron chi connectivity index (χ0n) is 7.80. The van der Waals surface area contributed by atoms with Gasteiger partial charge < -0.3 is 11.5 Å². The molecule has 4 N–H and O–H groups in total. The Morgan fingerprint density at radius 2 is 1.67 bits per heavy atom. The molecule has 82 valence electrons. The van der Waals surface area contributed by atoms with E-state index in [-0.39, 0.29) is 18.9 Å². The fourth-order valence-electron chi connectivity index (χ4n) is 1.07. The summed E-state index contributed by atoms with van der Waals surface area (Å²) in [5, 5.41) is 0. The van der Waals surface area contributed by atoms with E-state index in [1.54, 1.807) is 0 Å². The van der Waals surface area contributed by atoms with E-state index < -0.39 is 17.5 Å². The fourth-order valence-corrected chi connectivity index (χ4v) is 1.07. The lowest BCUT2D eigenvalue weighted by Crippen LogP contribution is -2.23. The molecule has 0 aliphatic heterocycles. The minimum Gasteiger partial charge on any atom is -0.370 e. The topological polar surface area (TPSA) is 64.4 Å². The van der Waals surface area contributed by atoms with E-state index in [0.29, 0.717) is 5.56 Å². The summed E-state index contributed by atoms with van der Waals surface area (Å²) in [6.07, 6.45) is 0.242. The molecule has 0 aliphatic carbocycles. The molecule has 0 atom stereocenters. The maximum atomic E-state index is 12.7. The van der Waals surface area contributed by atoms with E-state index in [2.05, 4.69) is 4.99 Å². The Morgan fingerprint density at radius 3 is 2.13 bits per heavy atom. The Hall–Kier alpha value is -1.72. The highest BCUT2D eigenvalue weighted by Gasteiger charge is 2.09. The Balaban J connectivity index is 2.75. The minimum atomic E-state index is -1.47. The lowest BCUT2D eigenvalue weighted by molar-refractivity contribution is 0.445. The molecule has 6 heteroatoms. The van der Waals surface area contributed by atoms with E-state index >= 15 is 0 Å². The van der Waals surface area contributed by atoms with Crippen LogP contribution in [0.2, 0.25) is 0 Å². The molecule has 1 aromatic carbocycles. The summed E-state index contributed by atoms with van der Waals surface area (Å²) in [7, 11) is 0. The Labute approximate surface area is 84.6 Å². The van der Waals surface area contributed by atoms with Crippen molar-refractivity contribution in [1.29, 1.82) is 0 Å². The third-order valence-electron chi connectivity index (χ3n) is 1.74. The van der Waals surface area contributed by atoms with E-state index in [9.17, 15) is 13.2 Å². The second kappa shape index (κ2) is 4.68. The first-order valence-electron chi connectivity index (χ1n) is 4.19. The first-order chi connectivity index (χ1) is 7.00. The number of nitrogens with two attached hydrogens (primary N) is 2. The van der Waals surface area contributed by atoms with Crippen molar-refractivity contribution in [3.63, 3.8) is 0 Å². The first kappa shape index (κ1) is 11.4. The average Bonchev–Trinajstić information content (AvgIpc) is 2.13. The molecule has 0 fully saturated rings. The standard InChI is InChI=1S/C9H10F3N3/c10-6-3-5(1-2-15-9(13)14)4-7(11)8(6)12/h3-4H,1-2H2,(H4,13,14,15). The number of nitrogens with zero attached hydrogens (tertiary/aromatic N) is 1. The molecule has 0 spiro atoms. The number of rotatable bonds is 3. The summed E-state index contributed by atoms with van der Waals surface area (Å²) >= 11 is 0. The molecule has 0 saturated heterocycles. The van der Waals surface area contributed by atoms with Crippen LogP contribution in [0.25, 0.3) is 0 Å². The van der Waals surface area contributed by atoms with Crippen LogP contribution in [0.4, 0.5) is 13.2 Å². The zero-order chi connectivity index (χ0) is 11.4. The number of guanidine groups is 1. The van der Waals surface area contributed by atoms with Crippen molar-refractivity contribution < 1.29 is 13.2 Å². The van der Waals surface area contributed by atoms with Crippen LogP contribution in [0.5, 0.6) is 0 Å². The lowest BCUT2D eigenvalue weighted by atomic mass is 10.1. The largest absolute Gasteiger partial charge is 0.370 e. The van der Waals surface area contributed by atoms with Gasteiger partial charge in [-0.25, -0.2) is 13.2 Å². The predicted molar refractivity (Wildman–Crippen MR) is 50.7 cm³/mol. The van der Waals surface area contributed by atoms with Gasteiger partial charge in [0.2, 0.25) is 0 Å². The molecular formula is C9H10F3N3. The van der Waals surface area contributed by atoms with Crippen molar-refractivity contribution in [2.45, 2.75) is 6.42 Å². The van der Waals surface area contributed by atoms with Gasteiger partial charge in [-0.15, -0.1) is 0 Å². The second-order valence-electron chi connectivity index (χ2n) is 2.93. The summed E-state index contributed by atoms with van der Waals surface area (Å²) in [6, 6.07) is 1.83. The Bertz CT molecular complexity index is 363. The van der Waals surface area contributed by atoms with E-state index in [0.717, 1.165) is 12.1 Å². The molecular weight excluding hydrogens is 207 g/mol.